The molecule has 1 amide bonds. The summed E-state index contributed by atoms with van der Waals surface area (Å²) in [6.45, 7) is -0.535. The number of alkyl halides is 3. The van der Waals surface area contributed by atoms with E-state index < -0.39 is 46.5 Å². The highest BCUT2D eigenvalue weighted by molar-refractivity contribution is 5.96. The molecule has 3 aromatic carbocycles. The molecule has 3 rings (SSSR count). The summed E-state index contributed by atoms with van der Waals surface area (Å²) in [5, 5.41) is 12.7. The fraction of sp³-hybridized carbons (Fsp3) is 0.130. The predicted molar refractivity (Wildman–Crippen MR) is 114 cm³/mol. The number of halogens is 3. The van der Waals surface area contributed by atoms with Gasteiger partial charge in [-0.15, -0.1) is 0 Å². The summed E-state index contributed by atoms with van der Waals surface area (Å²) >= 11 is 0. The van der Waals surface area contributed by atoms with E-state index in [2.05, 4.69) is 0 Å². The lowest BCUT2D eigenvalue weighted by atomic mass is 10.1. The molecule has 176 valence electrons. The van der Waals surface area contributed by atoms with Gasteiger partial charge < -0.3 is 14.8 Å². The van der Waals surface area contributed by atoms with E-state index >= 15 is 0 Å². The van der Waals surface area contributed by atoms with E-state index in [9.17, 15) is 32.9 Å². The second-order valence-corrected chi connectivity index (χ2v) is 6.91. The summed E-state index contributed by atoms with van der Waals surface area (Å²) in [5.74, 6) is -1.42. The van der Waals surface area contributed by atoms with Gasteiger partial charge in [0.25, 0.3) is 11.6 Å². The molecule has 3 aromatic rings. The lowest BCUT2D eigenvalue weighted by Gasteiger charge is -2.13. The Bertz CT molecular complexity index is 1180. The summed E-state index contributed by atoms with van der Waals surface area (Å²) in [5.41, 5.74) is -1.82. The topological polar surface area (TPSA) is 108 Å². The van der Waals surface area contributed by atoms with E-state index in [1.54, 1.807) is 0 Å². The quantitative estimate of drug-likeness (QED) is 0.280. The fourth-order valence-electron chi connectivity index (χ4n) is 2.82. The van der Waals surface area contributed by atoms with Crippen LogP contribution in [0.25, 0.3) is 0 Å². The third-order valence-corrected chi connectivity index (χ3v) is 4.47. The van der Waals surface area contributed by atoms with Gasteiger partial charge in [0.2, 0.25) is 0 Å². The van der Waals surface area contributed by atoms with Crippen LogP contribution in [0.3, 0.4) is 0 Å². The number of ether oxygens (including phenoxy) is 2. The first-order chi connectivity index (χ1) is 16.1. The van der Waals surface area contributed by atoms with Crippen LogP contribution in [-0.4, -0.2) is 23.4 Å². The summed E-state index contributed by atoms with van der Waals surface area (Å²) < 4.78 is 50.0. The van der Waals surface area contributed by atoms with Crippen molar-refractivity contribution in [3.8, 4) is 5.75 Å². The molecule has 1 N–H and O–H groups in total. The zero-order valence-corrected chi connectivity index (χ0v) is 17.4. The highest BCUT2D eigenvalue weighted by Crippen LogP contribution is 2.37. The predicted octanol–water partition coefficient (Wildman–Crippen LogP) is 4.99. The Morgan fingerprint density at radius 2 is 1.65 bits per heavy atom. The van der Waals surface area contributed by atoms with Gasteiger partial charge in [-0.1, -0.05) is 30.3 Å². The molecule has 0 aliphatic carbocycles. The highest BCUT2D eigenvalue weighted by Gasteiger charge is 2.35. The van der Waals surface area contributed by atoms with Crippen LogP contribution in [0.15, 0.2) is 72.8 Å². The standard InChI is InChI=1S/C23H17F3N2O6/c24-23(25,26)19-12-17(28(31)32)8-11-20(19)27-21(29)14-34-22(30)16-6-9-18(10-7-16)33-13-15-4-2-1-3-5-15/h1-12H,13-14H2,(H,27,29). The number of amides is 1. The van der Waals surface area contributed by atoms with E-state index in [1.807, 2.05) is 35.6 Å². The summed E-state index contributed by atoms with van der Waals surface area (Å²) in [6.07, 6.45) is -4.95. The number of hydrogen-bond acceptors (Lipinski definition) is 6. The van der Waals surface area contributed by atoms with Crippen LogP contribution in [0, 0.1) is 10.1 Å². The number of anilines is 1. The van der Waals surface area contributed by atoms with Gasteiger partial charge in [0.15, 0.2) is 6.61 Å². The molecule has 0 bridgehead atoms. The van der Waals surface area contributed by atoms with Crippen molar-refractivity contribution in [1.29, 1.82) is 0 Å². The number of nitrogens with zero attached hydrogens (tertiary/aromatic N) is 1. The summed E-state index contributed by atoms with van der Waals surface area (Å²) in [7, 11) is 0. The Balaban J connectivity index is 1.56. The molecule has 0 aliphatic rings. The zero-order valence-electron chi connectivity index (χ0n) is 17.4. The van der Waals surface area contributed by atoms with Gasteiger partial charge >= 0.3 is 12.1 Å². The summed E-state index contributed by atoms with van der Waals surface area (Å²) in [6, 6.07) is 17.2. The van der Waals surface area contributed by atoms with E-state index in [4.69, 9.17) is 9.47 Å². The zero-order chi connectivity index (χ0) is 24.7. The van der Waals surface area contributed by atoms with Crippen molar-refractivity contribution < 1.29 is 37.2 Å². The maximum absolute atomic E-state index is 13.2. The Morgan fingerprint density at radius 1 is 0.971 bits per heavy atom. The van der Waals surface area contributed by atoms with Gasteiger partial charge in [-0.05, 0) is 35.9 Å². The van der Waals surface area contributed by atoms with E-state index in [1.165, 1.54) is 24.3 Å². The second-order valence-electron chi connectivity index (χ2n) is 6.91. The number of nitro benzene ring substituents is 1. The van der Waals surface area contributed by atoms with E-state index in [0.29, 0.717) is 18.4 Å². The smallest absolute Gasteiger partial charge is 0.418 e. The van der Waals surface area contributed by atoms with Crippen molar-refractivity contribution in [2.75, 3.05) is 11.9 Å². The molecule has 0 saturated carbocycles. The van der Waals surface area contributed by atoms with Gasteiger partial charge in [-0.3, -0.25) is 14.9 Å². The number of carbonyl (C=O) groups is 2. The minimum absolute atomic E-state index is 0.103. The Labute approximate surface area is 191 Å². The lowest BCUT2D eigenvalue weighted by molar-refractivity contribution is -0.385. The van der Waals surface area contributed by atoms with Crippen LogP contribution in [0.2, 0.25) is 0 Å². The fourth-order valence-corrected chi connectivity index (χ4v) is 2.82. The van der Waals surface area contributed by atoms with Gasteiger partial charge in [0.1, 0.15) is 12.4 Å². The minimum atomic E-state index is -4.95. The number of nitro groups is 1. The largest absolute Gasteiger partial charge is 0.489 e. The van der Waals surface area contributed by atoms with Crippen molar-refractivity contribution in [1.82, 2.24) is 0 Å². The Hall–Kier alpha value is -4.41. The van der Waals surface area contributed by atoms with Crippen molar-refractivity contribution in [2.45, 2.75) is 12.8 Å². The molecule has 0 spiro atoms. The molecular weight excluding hydrogens is 457 g/mol. The van der Waals surface area contributed by atoms with Crippen LogP contribution in [0.4, 0.5) is 24.5 Å². The second kappa shape index (κ2) is 10.5. The van der Waals surface area contributed by atoms with Gasteiger partial charge in [-0.25, -0.2) is 4.79 Å². The number of rotatable bonds is 8. The van der Waals surface area contributed by atoms with Crippen molar-refractivity contribution in [3.63, 3.8) is 0 Å². The molecule has 0 aliphatic heterocycles. The van der Waals surface area contributed by atoms with Gasteiger partial charge in [-0.2, -0.15) is 13.2 Å². The Morgan fingerprint density at radius 3 is 2.26 bits per heavy atom. The molecule has 0 heterocycles. The molecule has 0 aromatic heterocycles. The molecule has 8 nitrogen and oxygen atoms in total. The number of carbonyl (C=O) groups excluding carboxylic acids is 2. The normalized spacial score (nSPS) is 10.9. The van der Waals surface area contributed by atoms with Gasteiger partial charge in [0.05, 0.1) is 21.7 Å². The minimum Gasteiger partial charge on any atom is -0.489 e. The van der Waals surface area contributed by atoms with Crippen LogP contribution < -0.4 is 10.1 Å². The highest BCUT2D eigenvalue weighted by atomic mass is 19.4. The van der Waals surface area contributed by atoms with Gasteiger partial charge in [0, 0.05) is 12.1 Å². The van der Waals surface area contributed by atoms with Crippen molar-refractivity contribution >= 4 is 23.3 Å². The van der Waals surface area contributed by atoms with Crippen LogP contribution in [-0.2, 0) is 22.3 Å². The molecule has 0 saturated heterocycles. The van der Waals surface area contributed by atoms with Crippen LogP contribution >= 0.6 is 0 Å². The number of hydrogen-bond donors (Lipinski definition) is 1. The summed E-state index contributed by atoms with van der Waals surface area (Å²) in [4.78, 5) is 33.9. The number of nitrogens with one attached hydrogen (secondary N) is 1. The number of non-ortho nitro benzene ring substituents is 1. The molecule has 11 heteroatoms. The molecule has 0 fully saturated rings. The molecule has 0 radical (unpaired) electrons. The lowest BCUT2D eigenvalue weighted by Crippen LogP contribution is -2.22. The van der Waals surface area contributed by atoms with E-state index in [-0.39, 0.29) is 5.56 Å². The first kappa shape index (κ1) is 24.2. The van der Waals surface area contributed by atoms with Crippen molar-refractivity contribution in [3.05, 3.63) is 99.6 Å². The number of esters is 1. The average Bonchev–Trinajstić information content (AvgIpc) is 2.81. The molecule has 34 heavy (non-hydrogen) atoms. The van der Waals surface area contributed by atoms with Crippen molar-refractivity contribution in [2.24, 2.45) is 0 Å². The molecule has 0 atom stereocenters. The van der Waals surface area contributed by atoms with E-state index in [0.717, 1.165) is 17.7 Å². The molecule has 0 unspecified atom stereocenters. The Kier molecular flexibility index (Phi) is 7.46. The first-order valence-corrected chi connectivity index (χ1v) is 9.73. The average molecular weight is 474 g/mol. The third kappa shape index (κ3) is 6.55. The maximum atomic E-state index is 13.2. The monoisotopic (exact) mass is 474 g/mol. The molecular formula is C23H17F3N2O6. The SMILES string of the molecule is O=C(COC(=O)c1ccc(OCc2ccccc2)cc1)Nc1ccc([N+](=O)[O-])cc1C(F)(F)F. The van der Waals surface area contributed by atoms with Crippen LogP contribution in [0.5, 0.6) is 5.75 Å². The first-order valence-electron chi connectivity index (χ1n) is 9.73. The third-order valence-electron chi connectivity index (χ3n) is 4.47. The number of benzene rings is 3. The maximum Gasteiger partial charge on any atom is 0.418 e. The van der Waals surface area contributed by atoms with Crippen LogP contribution in [0.1, 0.15) is 21.5 Å².